The molecule has 2 aromatic carbocycles. The number of alkyl halides is 3. The van der Waals surface area contributed by atoms with Gasteiger partial charge in [-0.3, -0.25) is 4.57 Å². The van der Waals surface area contributed by atoms with Gasteiger partial charge in [0, 0.05) is 23.0 Å². The molecule has 1 atom stereocenters. The van der Waals surface area contributed by atoms with Crippen LogP contribution < -0.4 is 0 Å². The molecule has 1 N–H and O–H groups in total. The third-order valence-corrected chi connectivity index (χ3v) is 4.40. The van der Waals surface area contributed by atoms with E-state index < -0.39 is 23.8 Å². The first-order chi connectivity index (χ1) is 12.8. The number of hydrogen-bond acceptors (Lipinski definition) is 3. The molecule has 3 aromatic rings. The minimum atomic E-state index is -4.58. The second-order valence-corrected chi connectivity index (χ2v) is 6.15. The molecule has 1 unspecified atom stereocenters. The van der Waals surface area contributed by atoms with Crippen molar-refractivity contribution in [3.63, 3.8) is 0 Å². The van der Waals surface area contributed by atoms with Crippen molar-refractivity contribution < 1.29 is 22.7 Å². The van der Waals surface area contributed by atoms with E-state index in [4.69, 9.17) is 0 Å². The Morgan fingerprint density at radius 2 is 1.81 bits per heavy atom. The van der Waals surface area contributed by atoms with Gasteiger partial charge in [-0.25, -0.2) is 14.4 Å². The van der Waals surface area contributed by atoms with Gasteiger partial charge >= 0.3 is 6.18 Å². The summed E-state index contributed by atoms with van der Waals surface area (Å²) in [7, 11) is 0. The van der Waals surface area contributed by atoms with Gasteiger partial charge in [0.2, 0.25) is 6.23 Å². The number of benzene rings is 2. The van der Waals surface area contributed by atoms with Crippen LogP contribution in [0.1, 0.15) is 34.4 Å². The zero-order valence-electron chi connectivity index (χ0n) is 14.0. The number of aliphatic hydroxyl groups excluding tert-OH is 1. The lowest BCUT2D eigenvalue weighted by Gasteiger charge is -2.16. The fourth-order valence-electron chi connectivity index (χ4n) is 3.17. The first kappa shape index (κ1) is 17.4. The minimum Gasteiger partial charge on any atom is -0.365 e. The first-order valence-electron chi connectivity index (χ1n) is 8.04. The van der Waals surface area contributed by atoms with Gasteiger partial charge in [-0.05, 0) is 37.3 Å². The van der Waals surface area contributed by atoms with Gasteiger partial charge in [0.05, 0.1) is 17.0 Å². The molecule has 0 spiro atoms. The SMILES string of the molecule is Cc1cnc2n1-c1ccc(C(F)(F)F)cc1C(c1ccccc1F)=NC2O. The number of hydrogen-bond donors (Lipinski definition) is 1. The summed E-state index contributed by atoms with van der Waals surface area (Å²) in [5, 5.41) is 10.5. The second kappa shape index (κ2) is 6.02. The zero-order valence-corrected chi connectivity index (χ0v) is 14.0. The largest absolute Gasteiger partial charge is 0.416 e. The Labute approximate surface area is 151 Å². The summed E-state index contributed by atoms with van der Waals surface area (Å²) in [5.74, 6) is -0.497. The number of rotatable bonds is 1. The molecule has 1 aliphatic rings. The summed E-state index contributed by atoms with van der Waals surface area (Å²) in [6.45, 7) is 1.71. The predicted molar refractivity (Wildman–Crippen MR) is 90.3 cm³/mol. The van der Waals surface area contributed by atoms with E-state index in [9.17, 15) is 22.7 Å². The Morgan fingerprint density at radius 1 is 1.07 bits per heavy atom. The molecule has 0 radical (unpaired) electrons. The van der Waals surface area contributed by atoms with Crippen molar-refractivity contribution in [3.05, 3.63) is 82.7 Å². The van der Waals surface area contributed by atoms with Crippen molar-refractivity contribution >= 4 is 5.71 Å². The maximum Gasteiger partial charge on any atom is 0.416 e. The summed E-state index contributed by atoms with van der Waals surface area (Å²) >= 11 is 0. The van der Waals surface area contributed by atoms with Crippen molar-refractivity contribution in [2.45, 2.75) is 19.3 Å². The van der Waals surface area contributed by atoms with Gasteiger partial charge in [-0.15, -0.1) is 0 Å². The van der Waals surface area contributed by atoms with Crippen LogP contribution in [0.4, 0.5) is 17.6 Å². The average Bonchev–Trinajstić information content (AvgIpc) is 2.95. The van der Waals surface area contributed by atoms with Gasteiger partial charge < -0.3 is 5.11 Å². The standard InChI is InChI=1S/C19H13F4N3O/c1-10-9-24-17-18(27)25-16(12-4-2-3-5-14(12)20)13-8-11(19(21,22)23)6-7-15(13)26(10)17/h2-9,18,27H,1H3. The highest BCUT2D eigenvalue weighted by molar-refractivity contribution is 6.15. The lowest BCUT2D eigenvalue weighted by atomic mass is 9.97. The van der Waals surface area contributed by atoms with Crippen LogP contribution in [0.3, 0.4) is 0 Å². The zero-order chi connectivity index (χ0) is 19.3. The quantitative estimate of drug-likeness (QED) is 0.649. The van der Waals surface area contributed by atoms with Crippen molar-refractivity contribution in [1.82, 2.24) is 9.55 Å². The van der Waals surface area contributed by atoms with Crippen LogP contribution in [0.25, 0.3) is 5.69 Å². The summed E-state index contributed by atoms with van der Waals surface area (Å²) in [5.41, 5.74) is 0.0588. The van der Waals surface area contributed by atoms with Gasteiger partial charge in [0.1, 0.15) is 5.82 Å². The molecule has 0 aliphatic carbocycles. The van der Waals surface area contributed by atoms with Crippen LogP contribution >= 0.6 is 0 Å². The Morgan fingerprint density at radius 3 is 2.52 bits per heavy atom. The number of aliphatic imine (C=N–C) groups is 1. The Balaban J connectivity index is 2.07. The number of aromatic nitrogens is 2. The van der Waals surface area contributed by atoms with Crippen molar-refractivity contribution in [2.75, 3.05) is 0 Å². The van der Waals surface area contributed by atoms with Crippen LogP contribution in [-0.2, 0) is 6.18 Å². The molecular weight excluding hydrogens is 362 g/mol. The van der Waals surface area contributed by atoms with Gasteiger partial charge in [-0.1, -0.05) is 12.1 Å². The predicted octanol–water partition coefficient (Wildman–Crippen LogP) is 4.18. The van der Waals surface area contributed by atoms with Gasteiger partial charge in [-0.2, -0.15) is 13.2 Å². The highest BCUT2D eigenvalue weighted by Crippen LogP contribution is 2.36. The average molecular weight is 375 g/mol. The monoisotopic (exact) mass is 375 g/mol. The first-order valence-corrected chi connectivity index (χ1v) is 8.04. The van der Waals surface area contributed by atoms with E-state index in [0.717, 1.165) is 12.1 Å². The summed E-state index contributed by atoms with van der Waals surface area (Å²) in [4.78, 5) is 8.22. The topological polar surface area (TPSA) is 50.4 Å². The number of aryl methyl sites for hydroxylation is 1. The number of halogens is 4. The Kier molecular flexibility index (Phi) is 3.88. The van der Waals surface area contributed by atoms with Crippen LogP contribution in [-0.4, -0.2) is 20.4 Å². The molecule has 8 heteroatoms. The van der Waals surface area contributed by atoms with E-state index in [1.54, 1.807) is 13.0 Å². The maximum atomic E-state index is 14.4. The molecular formula is C19H13F4N3O. The molecule has 0 saturated heterocycles. The fraction of sp³-hybridized carbons (Fsp3) is 0.158. The van der Waals surface area contributed by atoms with Gasteiger partial charge in [0.25, 0.3) is 0 Å². The number of aliphatic hydroxyl groups is 1. The lowest BCUT2D eigenvalue weighted by Crippen LogP contribution is -2.13. The minimum absolute atomic E-state index is 0.000491. The van der Waals surface area contributed by atoms with Gasteiger partial charge in [0.15, 0.2) is 5.82 Å². The Bertz CT molecular complexity index is 1070. The maximum absolute atomic E-state index is 14.4. The van der Waals surface area contributed by atoms with Crippen LogP contribution in [0.15, 0.2) is 53.7 Å². The summed E-state index contributed by atoms with van der Waals surface area (Å²) < 4.78 is 55.7. The van der Waals surface area contributed by atoms with E-state index in [-0.39, 0.29) is 22.7 Å². The van der Waals surface area contributed by atoms with Crippen molar-refractivity contribution in [2.24, 2.45) is 4.99 Å². The molecule has 0 amide bonds. The molecule has 0 saturated carbocycles. The van der Waals surface area contributed by atoms with Crippen LogP contribution in [0.2, 0.25) is 0 Å². The summed E-state index contributed by atoms with van der Waals surface area (Å²) in [6, 6.07) is 8.76. The Hall–Kier alpha value is -3.00. The molecule has 4 rings (SSSR count). The highest BCUT2D eigenvalue weighted by Gasteiger charge is 2.34. The van der Waals surface area contributed by atoms with E-state index in [1.165, 1.54) is 35.0 Å². The second-order valence-electron chi connectivity index (χ2n) is 6.15. The number of fused-ring (bicyclic) bond motifs is 3. The van der Waals surface area contributed by atoms with E-state index >= 15 is 0 Å². The molecule has 4 nitrogen and oxygen atoms in total. The third-order valence-electron chi connectivity index (χ3n) is 4.40. The van der Waals surface area contributed by atoms with Crippen molar-refractivity contribution in [1.29, 1.82) is 0 Å². The number of nitrogens with zero attached hydrogens (tertiary/aromatic N) is 3. The fourth-order valence-corrected chi connectivity index (χ4v) is 3.17. The van der Waals surface area contributed by atoms with E-state index in [0.29, 0.717) is 11.4 Å². The van der Waals surface area contributed by atoms with E-state index in [1.807, 2.05) is 0 Å². The smallest absolute Gasteiger partial charge is 0.365 e. The third kappa shape index (κ3) is 2.82. The van der Waals surface area contributed by atoms with Crippen molar-refractivity contribution in [3.8, 4) is 5.69 Å². The van der Waals surface area contributed by atoms with E-state index in [2.05, 4.69) is 9.98 Å². The lowest BCUT2D eigenvalue weighted by molar-refractivity contribution is -0.137. The molecule has 1 aliphatic heterocycles. The molecule has 138 valence electrons. The normalized spacial score (nSPS) is 16.4. The van der Waals surface area contributed by atoms with Crippen LogP contribution in [0.5, 0.6) is 0 Å². The van der Waals surface area contributed by atoms with Crippen LogP contribution in [0, 0.1) is 12.7 Å². The molecule has 0 bridgehead atoms. The molecule has 2 heterocycles. The highest BCUT2D eigenvalue weighted by atomic mass is 19.4. The number of imidazole rings is 1. The molecule has 0 fully saturated rings. The molecule has 1 aromatic heterocycles. The molecule has 27 heavy (non-hydrogen) atoms. The summed E-state index contributed by atoms with van der Waals surface area (Å²) in [6.07, 6.45) is -4.54.